The molecule has 2 fully saturated rings. The summed E-state index contributed by atoms with van der Waals surface area (Å²) in [7, 11) is 0. The SMILES string of the molecule is Cc1nc(-c2ccccc2)nc(N2CCN(C(=O)C3CC3)CC2)c1Cc1ccccc1F. The first-order valence-corrected chi connectivity index (χ1v) is 11.3. The van der Waals surface area contributed by atoms with Crippen molar-refractivity contribution in [2.45, 2.75) is 26.2 Å². The average Bonchev–Trinajstić information content (AvgIpc) is 3.67. The third-order valence-electron chi connectivity index (χ3n) is 6.37. The number of nitrogens with zero attached hydrogens (tertiary/aromatic N) is 4. The molecular weight excluding hydrogens is 403 g/mol. The molecule has 1 aliphatic carbocycles. The second kappa shape index (κ2) is 8.69. The number of carbonyl (C=O) groups excluding carboxylic acids is 1. The number of benzene rings is 2. The summed E-state index contributed by atoms with van der Waals surface area (Å²) in [6.45, 7) is 4.79. The molecule has 2 aromatic carbocycles. The number of aromatic nitrogens is 2. The minimum atomic E-state index is -0.218. The van der Waals surface area contributed by atoms with Gasteiger partial charge in [-0.05, 0) is 31.4 Å². The van der Waals surface area contributed by atoms with Crippen LogP contribution in [0, 0.1) is 18.7 Å². The summed E-state index contributed by atoms with van der Waals surface area (Å²) in [5.41, 5.74) is 3.39. The van der Waals surface area contributed by atoms with E-state index in [9.17, 15) is 9.18 Å². The van der Waals surface area contributed by atoms with Crippen molar-refractivity contribution >= 4 is 11.7 Å². The van der Waals surface area contributed by atoms with Crippen LogP contribution in [0.25, 0.3) is 11.4 Å². The molecule has 5 nitrogen and oxygen atoms in total. The minimum Gasteiger partial charge on any atom is -0.353 e. The zero-order valence-corrected chi connectivity index (χ0v) is 18.3. The van der Waals surface area contributed by atoms with Gasteiger partial charge in [-0.1, -0.05) is 48.5 Å². The molecule has 0 radical (unpaired) electrons. The second-order valence-electron chi connectivity index (χ2n) is 8.66. The molecule has 2 aliphatic rings. The van der Waals surface area contributed by atoms with Crippen LogP contribution in [0.2, 0.25) is 0 Å². The number of halogens is 1. The Hall–Kier alpha value is -3.28. The standard InChI is InChI=1S/C26H27FN4O/c1-18-22(17-21-9-5-6-10-23(21)27)25(29-24(28-18)19-7-3-2-4-8-19)30-13-15-31(16-14-30)26(32)20-11-12-20/h2-10,20H,11-17H2,1H3. The predicted molar refractivity (Wildman–Crippen MR) is 123 cm³/mol. The Morgan fingerprint density at radius 1 is 0.969 bits per heavy atom. The molecule has 0 N–H and O–H groups in total. The third kappa shape index (κ3) is 4.22. The molecule has 164 valence electrons. The lowest BCUT2D eigenvalue weighted by molar-refractivity contribution is -0.132. The minimum absolute atomic E-state index is 0.218. The van der Waals surface area contributed by atoms with Crippen molar-refractivity contribution in [3.8, 4) is 11.4 Å². The first-order chi connectivity index (χ1) is 15.6. The first kappa shape index (κ1) is 20.6. The van der Waals surface area contributed by atoms with Crippen LogP contribution in [0.5, 0.6) is 0 Å². The first-order valence-electron chi connectivity index (χ1n) is 11.3. The van der Waals surface area contributed by atoms with Crippen LogP contribution >= 0.6 is 0 Å². The van der Waals surface area contributed by atoms with Gasteiger partial charge in [0.2, 0.25) is 5.91 Å². The van der Waals surface area contributed by atoms with Gasteiger partial charge in [0.05, 0.1) is 0 Å². The fourth-order valence-corrected chi connectivity index (χ4v) is 4.33. The van der Waals surface area contributed by atoms with Crippen LogP contribution in [0.1, 0.15) is 29.7 Å². The van der Waals surface area contributed by atoms with Gasteiger partial charge >= 0.3 is 0 Å². The number of amides is 1. The number of anilines is 1. The normalized spacial score (nSPS) is 16.3. The fraction of sp³-hybridized carbons (Fsp3) is 0.346. The Kier molecular flexibility index (Phi) is 5.60. The van der Waals surface area contributed by atoms with Gasteiger partial charge in [-0.15, -0.1) is 0 Å². The van der Waals surface area contributed by atoms with E-state index in [0.29, 0.717) is 49.9 Å². The summed E-state index contributed by atoms with van der Waals surface area (Å²) in [5.74, 6) is 1.83. The van der Waals surface area contributed by atoms with Crippen LogP contribution in [-0.4, -0.2) is 47.0 Å². The van der Waals surface area contributed by atoms with Crippen molar-refractivity contribution < 1.29 is 9.18 Å². The highest BCUT2D eigenvalue weighted by Crippen LogP contribution is 2.32. The number of aryl methyl sites for hydroxylation is 1. The Morgan fingerprint density at radius 3 is 2.34 bits per heavy atom. The van der Waals surface area contributed by atoms with E-state index in [2.05, 4.69) is 4.90 Å². The van der Waals surface area contributed by atoms with E-state index in [1.54, 1.807) is 6.07 Å². The van der Waals surface area contributed by atoms with Crippen molar-refractivity contribution in [2.75, 3.05) is 31.1 Å². The number of hydrogen-bond acceptors (Lipinski definition) is 4. The van der Waals surface area contributed by atoms with E-state index in [1.807, 2.05) is 54.3 Å². The Morgan fingerprint density at radius 2 is 1.66 bits per heavy atom. The summed E-state index contributed by atoms with van der Waals surface area (Å²) >= 11 is 0. The van der Waals surface area contributed by atoms with Gasteiger partial charge in [-0.25, -0.2) is 14.4 Å². The summed E-state index contributed by atoms with van der Waals surface area (Å²) in [6, 6.07) is 16.8. The molecule has 0 spiro atoms. The molecule has 3 aromatic rings. The number of carbonyl (C=O) groups is 1. The molecule has 0 unspecified atom stereocenters. The molecule has 2 heterocycles. The highest BCUT2D eigenvalue weighted by atomic mass is 19.1. The Labute approximate surface area is 187 Å². The van der Waals surface area contributed by atoms with Gasteiger partial charge in [-0.2, -0.15) is 0 Å². The van der Waals surface area contributed by atoms with Gasteiger partial charge in [0, 0.05) is 55.3 Å². The largest absolute Gasteiger partial charge is 0.353 e. The third-order valence-corrected chi connectivity index (χ3v) is 6.37. The molecule has 1 aromatic heterocycles. The van der Waals surface area contributed by atoms with Gasteiger partial charge < -0.3 is 9.80 Å². The summed E-state index contributed by atoms with van der Waals surface area (Å²) in [5, 5.41) is 0. The maximum atomic E-state index is 14.4. The predicted octanol–water partition coefficient (Wildman–Crippen LogP) is 4.24. The molecular formula is C26H27FN4O. The van der Waals surface area contributed by atoms with Gasteiger partial charge in [-0.3, -0.25) is 4.79 Å². The molecule has 6 heteroatoms. The number of piperazine rings is 1. The smallest absolute Gasteiger partial charge is 0.225 e. The highest BCUT2D eigenvalue weighted by Gasteiger charge is 2.35. The number of rotatable bonds is 5. The van der Waals surface area contributed by atoms with E-state index >= 15 is 0 Å². The topological polar surface area (TPSA) is 49.3 Å². The van der Waals surface area contributed by atoms with Crippen molar-refractivity contribution in [1.29, 1.82) is 0 Å². The van der Waals surface area contributed by atoms with Gasteiger partial charge in [0.1, 0.15) is 11.6 Å². The molecule has 0 atom stereocenters. The Bertz CT molecular complexity index is 1120. The average molecular weight is 431 g/mol. The molecule has 32 heavy (non-hydrogen) atoms. The lowest BCUT2D eigenvalue weighted by Crippen LogP contribution is -2.49. The van der Waals surface area contributed by atoms with Crippen molar-refractivity contribution in [2.24, 2.45) is 5.92 Å². The van der Waals surface area contributed by atoms with E-state index < -0.39 is 0 Å². The highest BCUT2D eigenvalue weighted by molar-refractivity contribution is 5.81. The van der Waals surface area contributed by atoms with Crippen LogP contribution in [0.3, 0.4) is 0 Å². The summed E-state index contributed by atoms with van der Waals surface area (Å²) in [6.07, 6.45) is 2.49. The zero-order valence-electron chi connectivity index (χ0n) is 18.3. The number of hydrogen-bond donors (Lipinski definition) is 0. The van der Waals surface area contributed by atoms with E-state index in [4.69, 9.17) is 9.97 Å². The van der Waals surface area contributed by atoms with E-state index in [-0.39, 0.29) is 11.7 Å². The van der Waals surface area contributed by atoms with Gasteiger partial charge in [0.15, 0.2) is 5.82 Å². The maximum absolute atomic E-state index is 14.4. The quantitative estimate of drug-likeness (QED) is 0.608. The van der Waals surface area contributed by atoms with Crippen LogP contribution in [0.15, 0.2) is 54.6 Å². The van der Waals surface area contributed by atoms with Gasteiger partial charge in [0.25, 0.3) is 0 Å². The summed E-state index contributed by atoms with van der Waals surface area (Å²) in [4.78, 5) is 26.4. The lowest BCUT2D eigenvalue weighted by atomic mass is 10.0. The van der Waals surface area contributed by atoms with Crippen molar-refractivity contribution in [3.05, 3.63) is 77.2 Å². The zero-order chi connectivity index (χ0) is 22.1. The fourth-order valence-electron chi connectivity index (χ4n) is 4.33. The molecule has 1 amide bonds. The molecule has 1 saturated carbocycles. The lowest BCUT2D eigenvalue weighted by Gasteiger charge is -2.36. The van der Waals surface area contributed by atoms with Crippen LogP contribution in [0.4, 0.5) is 10.2 Å². The maximum Gasteiger partial charge on any atom is 0.225 e. The summed E-state index contributed by atoms with van der Waals surface area (Å²) < 4.78 is 14.4. The van der Waals surface area contributed by atoms with E-state index in [0.717, 1.165) is 35.5 Å². The molecule has 5 rings (SSSR count). The van der Waals surface area contributed by atoms with Crippen LogP contribution < -0.4 is 4.90 Å². The Balaban J connectivity index is 1.48. The van der Waals surface area contributed by atoms with Crippen molar-refractivity contribution in [3.63, 3.8) is 0 Å². The van der Waals surface area contributed by atoms with E-state index in [1.165, 1.54) is 6.07 Å². The van der Waals surface area contributed by atoms with Crippen LogP contribution in [-0.2, 0) is 11.2 Å². The monoisotopic (exact) mass is 430 g/mol. The molecule has 0 bridgehead atoms. The molecule has 1 saturated heterocycles. The van der Waals surface area contributed by atoms with Crippen molar-refractivity contribution in [1.82, 2.24) is 14.9 Å². The molecule has 1 aliphatic heterocycles. The second-order valence-corrected chi connectivity index (χ2v) is 8.66.